The Morgan fingerprint density at radius 2 is 2.04 bits per heavy atom. The molecule has 2 N–H and O–H groups in total. The molecular formula is C18H29ClN4O2. The van der Waals surface area contributed by atoms with E-state index < -0.39 is 0 Å². The molecule has 2 aliphatic rings. The molecule has 0 aromatic heterocycles. The maximum Gasteiger partial charge on any atom is 0.238 e. The topological polar surface area (TPSA) is 56.8 Å². The zero-order valence-corrected chi connectivity index (χ0v) is 15.7. The number of halogens is 1. The molecule has 1 amide bonds. The Morgan fingerprint density at radius 1 is 1.28 bits per heavy atom. The quantitative estimate of drug-likeness (QED) is 0.795. The van der Waals surface area contributed by atoms with E-state index in [1.807, 2.05) is 31.2 Å². The molecule has 6 nitrogen and oxygen atoms in total. The summed E-state index contributed by atoms with van der Waals surface area (Å²) in [7, 11) is 0. The van der Waals surface area contributed by atoms with Gasteiger partial charge in [-0.3, -0.25) is 14.6 Å². The van der Waals surface area contributed by atoms with E-state index in [1.54, 1.807) is 0 Å². The monoisotopic (exact) mass is 368 g/mol. The molecule has 140 valence electrons. The summed E-state index contributed by atoms with van der Waals surface area (Å²) in [5, 5.41) is 6.40. The summed E-state index contributed by atoms with van der Waals surface area (Å²) in [6.07, 6.45) is 1.24. The van der Waals surface area contributed by atoms with E-state index in [9.17, 15) is 4.79 Å². The van der Waals surface area contributed by atoms with Crippen LogP contribution in [0.4, 0.5) is 5.69 Å². The molecular weight excluding hydrogens is 340 g/mol. The molecule has 1 aromatic carbocycles. The third-order valence-corrected chi connectivity index (χ3v) is 4.79. The summed E-state index contributed by atoms with van der Waals surface area (Å²) < 4.78 is 5.56. The van der Waals surface area contributed by atoms with E-state index in [-0.39, 0.29) is 18.3 Å². The van der Waals surface area contributed by atoms with Crippen LogP contribution in [0.5, 0.6) is 5.75 Å². The molecule has 0 saturated carbocycles. The molecule has 25 heavy (non-hydrogen) atoms. The third-order valence-electron chi connectivity index (χ3n) is 4.79. The van der Waals surface area contributed by atoms with Gasteiger partial charge in [0.15, 0.2) is 0 Å². The van der Waals surface area contributed by atoms with Gasteiger partial charge in [0.05, 0.1) is 18.8 Å². The predicted octanol–water partition coefficient (Wildman–Crippen LogP) is 1.43. The summed E-state index contributed by atoms with van der Waals surface area (Å²) in [6.45, 7) is 9.22. The van der Waals surface area contributed by atoms with Crippen LogP contribution in [0.1, 0.15) is 13.3 Å². The van der Waals surface area contributed by atoms with Crippen LogP contribution < -0.4 is 15.4 Å². The van der Waals surface area contributed by atoms with Gasteiger partial charge in [-0.2, -0.15) is 0 Å². The highest BCUT2D eigenvalue weighted by molar-refractivity contribution is 5.93. The highest BCUT2D eigenvalue weighted by Crippen LogP contribution is 2.23. The maximum absolute atomic E-state index is 12.3. The number of para-hydroxylation sites is 2. The van der Waals surface area contributed by atoms with Crippen LogP contribution in [0.3, 0.4) is 0 Å². The second-order valence-electron chi connectivity index (χ2n) is 6.44. The molecule has 7 heteroatoms. The number of rotatable bonds is 6. The Bertz CT molecular complexity index is 544. The minimum absolute atomic E-state index is 0. The largest absolute Gasteiger partial charge is 0.492 e. The highest BCUT2D eigenvalue weighted by atomic mass is 35.5. The van der Waals surface area contributed by atoms with Gasteiger partial charge in [-0.25, -0.2) is 0 Å². The number of ether oxygens (including phenoxy) is 1. The van der Waals surface area contributed by atoms with Gasteiger partial charge in [-0.05, 0) is 32.0 Å². The number of amides is 1. The maximum atomic E-state index is 12.3. The third kappa shape index (κ3) is 5.57. The summed E-state index contributed by atoms with van der Waals surface area (Å²) in [5.41, 5.74) is 0.750. The van der Waals surface area contributed by atoms with Crippen LogP contribution in [0.25, 0.3) is 0 Å². The van der Waals surface area contributed by atoms with E-state index in [1.165, 1.54) is 6.42 Å². The average Bonchev–Trinajstić information content (AvgIpc) is 3.12. The van der Waals surface area contributed by atoms with Gasteiger partial charge in [0.25, 0.3) is 0 Å². The fraction of sp³-hybridized carbons (Fsp3) is 0.611. The Hall–Kier alpha value is -1.34. The van der Waals surface area contributed by atoms with Crippen LogP contribution in [0.2, 0.25) is 0 Å². The summed E-state index contributed by atoms with van der Waals surface area (Å²) in [4.78, 5) is 17.1. The normalized spacial score (nSPS) is 21.6. The first-order valence-electron chi connectivity index (χ1n) is 8.95. The number of nitrogens with one attached hydrogen (secondary N) is 2. The molecule has 1 aromatic rings. The number of anilines is 1. The van der Waals surface area contributed by atoms with Crippen molar-refractivity contribution in [3.63, 3.8) is 0 Å². The van der Waals surface area contributed by atoms with Crippen molar-refractivity contribution in [3.8, 4) is 5.75 Å². The van der Waals surface area contributed by atoms with Crippen molar-refractivity contribution in [1.29, 1.82) is 0 Å². The zero-order valence-electron chi connectivity index (χ0n) is 14.9. The number of piperazine rings is 1. The number of hydrogen-bond donors (Lipinski definition) is 2. The Morgan fingerprint density at radius 3 is 2.72 bits per heavy atom. The minimum Gasteiger partial charge on any atom is -0.492 e. The number of carbonyl (C=O) groups excluding carboxylic acids is 1. The lowest BCUT2D eigenvalue weighted by Crippen LogP contribution is -2.52. The Kier molecular flexibility index (Phi) is 7.96. The molecule has 1 atom stereocenters. The van der Waals surface area contributed by atoms with Gasteiger partial charge in [0.2, 0.25) is 5.91 Å². The van der Waals surface area contributed by atoms with E-state index >= 15 is 0 Å². The van der Waals surface area contributed by atoms with E-state index in [4.69, 9.17) is 4.74 Å². The van der Waals surface area contributed by atoms with Crippen molar-refractivity contribution in [2.45, 2.75) is 19.4 Å². The van der Waals surface area contributed by atoms with Crippen LogP contribution in [-0.2, 0) is 4.79 Å². The van der Waals surface area contributed by atoms with Crippen molar-refractivity contribution in [3.05, 3.63) is 24.3 Å². The number of nitrogens with zero attached hydrogens (tertiary/aromatic N) is 2. The molecule has 2 aliphatic heterocycles. The molecule has 3 rings (SSSR count). The van der Waals surface area contributed by atoms with E-state index in [2.05, 4.69) is 20.4 Å². The lowest BCUT2D eigenvalue weighted by Gasteiger charge is -2.37. The second kappa shape index (κ2) is 9.97. The van der Waals surface area contributed by atoms with Crippen LogP contribution in [0.15, 0.2) is 24.3 Å². The fourth-order valence-electron chi connectivity index (χ4n) is 3.48. The van der Waals surface area contributed by atoms with Crippen molar-refractivity contribution in [2.24, 2.45) is 0 Å². The van der Waals surface area contributed by atoms with Gasteiger partial charge in [0.1, 0.15) is 5.75 Å². The SMILES string of the molecule is CCOc1ccccc1NC(=O)CN1CCN(C2CCNC2)CC1.Cl. The molecule has 0 spiro atoms. The molecule has 2 saturated heterocycles. The molecule has 2 fully saturated rings. The minimum atomic E-state index is 0. The molecule has 1 unspecified atom stereocenters. The van der Waals surface area contributed by atoms with Crippen LogP contribution in [-0.4, -0.2) is 74.2 Å². The molecule has 0 radical (unpaired) electrons. The number of carbonyl (C=O) groups is 1. The van der Waals surface area contributed by atoms with Gasteiger partial charge in [-0.1, -0.05) is 12.1 Å². The van der Waals surface area contributed by atoms with Crippen molar-refractivity contribution in [1.82, 2.24) is 15.1 Å². The average molecular weight is 369 g/mol. The van der Waals surface area contributed by atoms with Gasteiger partial charge < -0.3 is 15.4 Å². The smallest absolute Gasteiger partial charge is 0.238 e. The Labute approximate surface area is 156 Å². The highest BCUT2D eigenvalue weighted by Gasteiger charge is 2.26. The van der Waals surface area contributed by atoms with Crippen molar-refractivity contribution < 1.29 is 9.53 Å². The second-order valence-corrected chi connectivity index (χ2v) is 6.44. The predicted molar refractivity (Wildman–Crippen MR) is 103 cm³/mol. The first kappa shape index (κ1) is 20.0. The van der Waals surface area contributed by atoms with Crippen molar-refractivity contribution in [2.75, 3.05) is 57.7 Å². The molecule has 2 heterocycles. The van der Waals surface area contributed by atoms with Crippen molar-refractivity contribution >= 4 is 24.0 Å². The first-order chi connectivity index (χ1) is 11.8. The number of hydrogen-bond acceptors (Lipinski definition) is 5. The summed E-state index contributed by atoms with van der Waals surface area (Å²) in [6, 6.07) is 8.27. The summed E-state index contributed by atoms with van der Waals surface area (Å²) in [5.74, 6) is 0.755. The summed E-state index contributed by atoms with van der Waals surface area (Å²) >= 11 is 0. The Balaban J connectivity index is 0.00000225. The van der Waals surface area contributed by atoms with E-state index in [0.717, 1.165) is 50.7 Å². The van der Waals surface area contributed by atoms with Gasteiger partial charge >= 0.3 is 0 Å². The van der Waals surface area contributed by atoms with Crippen LogP contribution >= 0.6 is 12.4 Å². The van der Waals surface area contributed by atoms with E-state index in [0.29, 0.717) is 19.2 Å². The molecule has 0 aliphatic carbocycles. The zero-order chi connectivity index (χ0) is 16.8. The molecule has 0 bridgehead atoms. The van der Waals surface area contributed by atoms with Gasteiger partial charge in [0, 0.05) is 38.8 Å². The lowest BCUT2D eigenvalue weighted by molar-refractivity contribution is -0.117. The standard InChI is InChI=1S/C18H28N4O2.ClH/c1-2-24-17-6-4-3-5-16(17)20-18(23)14-21-9-11-22(12-10-21)15-7-8-19-13-15;/h3-6,15,19H,2,7-14H2,1H3,(H,20,23);1H. The van der Waals surface area contributed by atoms with Crippen LogP contribution in [0, 0.1) is 0 Å². The lowest BCUT2D eigenvalue weighted by atomic mass is 10.2. The van der Waals surface area contributed by atoms with Gasteiger partial charge in [-0.15, -0.1) is 12.4 Å². The fourth-order valence-corrected chi connectivity index (χ4v) is 3.48. The number of benzene rings is 1. The first-order valence-corrected chi connectivity index (χ1v) is 8.95.